The monoisotopic (exact) mass is 247 g/mol. The summed E-state index contributed by atoms with van der Waals surface area (Å²) >= 11 is 0. The van der Waals surface area contributed by atoms with Crippen molar-refractivity contribution in [2.24, 2.45) is 11.8 Å². The minimum absolute atomic E-state index is 0.639. The van der Waals surface area contributed by atoms with Gasteiger partial charge in [0.15, 0.2) is 0 Å². The van der Waals surface area contributed by atoms with Crippen molar-refractivity contribution in [3.8, 4) is 0 Å². The molecule has 0 aromatic heterocycles. The van der Waals surface area contributed by atoms with Crippen LogP contribution in [0.3, 0.4) is 0 Å². The molecule has 0 aromatic rings. The molecule has 3 nitrogen and oxygen atoms in total. The SMILES string of the molecule is CC(C)CCCCN(CC1CC1)S(C)(=O)=O. The van der Waals surface area contributed by atoms with Crippen molar-refractivity contribution in [3.05, 3.63) is 0 Å². The summed E-state index contributed by atoms with van der Waals surface area (Å²) in [5.41, 5.74) is 0. The molecule has 16 heavy (non-hydrogen) atoms. The zero-order valence-electron chi connectivity index (χ0n) is 10.8. The maximum atomic E-state index is 11.5. The van der Waals surface area contributed by atoms with Crippen LogP contribution >= 0.6 is 0 Å². The van der Waals surface area contributed by atoms with E-state index in [0.29, 0.717) is 12.5 Å². The minimum atomic E-state index is -2.99. The first-order valence-corrected chi connectivity index (χ1v) is 8.19. The summed E-state index contributed by atoms with van der Waals surface area (Å²) in [7, 11) is -2.99. The Bertz CT molecular complexity index is 294. The Hall–Kier alpha value is -0.0900. The van der Waals surface area contributed by atoms with Gasteiger partial charge in [0, 0.05) is 13.1 Å². The largest absolute Gasteiger partial charge is 0.213 e. The number of unbranched alkanes of at least 4 members (excludes halogenated alkanes) is 1. The Balaban J connectivity index is 2.27. The molecule has 0 N–H and O–H groups in total. The van der Waals surface area contributed by atoms with Crippen molar-refractivity contribution in [2.75, 3.05) is 19.3 Å². The lowest BCUT2D eigenvalue weighted by atomic mass is 10.1. The maximum absolute atomic E-state index is 11.5. The fourth-order valence-electron chi connectivity index (χ4n) is 1.82. The van der Waals surface area contributed by atoms with E-state index in [4.69, 9.17) is 0 Å². The zero-order valence-corrected chi connectivity index (χ0v) is 11.6. The van der Waals surface area contributed by atoms with E-state index in [9.17, 15) is 8.42 Å². The Morgan fingerprint density at radius 2 is 1.88 bits per heavy atom. The zero-order chi connectivity index (χ0) is 12.2. The van der Waals surface area contributed by atoms with Gasteiger partial charge in [-0.2, -0.15) is 0 Å². The maximum Gasteiger partial charge on any atom is 0.211 e. The van der Waals surface area contributed by atoms with Crippen LogP contribution in [0.5, 0.6) is 0 Å². The molecule has 0 aromatic carbocycles. The van der Waals surface area contributed by atoms with Crippen LogP contribution in [0.4, 0.5) is 0 Å². The number of nitrogens with zero attached hydrogens (tertiary/aromatic N) is 1. The van der Waals surface area contributed by atoms with Crippen LogP contribution in [0, 0.1) is 11.8 Å². The van der Waals surface area contributed by atoms with Gasteiger partial charge in [0.1, 0.15) is 0 Å². The Labute approximate surface area is 100 Å². The summed E-state index contributed by atoms with van der Waals surface area (Å²) in [5, 5.41) is 0. The molecule has 0 saturated heterocycles. The fraction of sp³-hybridized carbons (Fsp3) is 1.00. The van der Waals surface area contributed by atoms with E-state index in [-0.39, 0.29) is 0 Å². The van der Waals surface area contributed by atoms with Gasteiger partial charge in [-0.15, -0.1) is 0 Å². The van der Waals surface area contributed by atoms with Gasteiger partial charge in [-0.05, 0) is 31.1 Å². The molecule has 1 rings (SSSR count). The van der Waals surface area contributed by atoms with Crippen LogP contribution in [0.1, 0.15) is 46.0 Å². The predicted octanol–water partition coefficient (Wildman–Crippen LogP) is 2.48. The van der Waals surface area contributed by atoms with Gasteiger partial charge in [0.25, 0.3) is 0 Å². The first-order valence-electron chi connectivity index (χ1n) is 6.34. The van der Waals surface area contributed by atoms with E-state index < -0.39 is 10.0 Å². The molecular formula is C12H25NO2S. The molecule has 1 fully saturated rings. The van der Waals surface area contributed by atoms with Crippen LogP contribution in [-0.2, 0) is 10.0 Å². The van der Waals surface area contributed by atoms with Crippen molar-refractivity contribution in [1.29, 1.82) is 0 Å². The predicted molar refractivity (Wildman–Crippen MR) is 67.8 cm³/mol. The normalized spacial score (nSPS) is 17.3. The van der Waals surface area contributed by atoms with Gasteiger partial charge < -0.3 is 0 Å². The molecule has 0 radical (unpaired) electrons. The van der Waals surface area contributed by atoms with E-state index >= 15 is 0 Å². The number of hydrogen-bond acceptors (Lipinski definition) is 2. The van der Waals surface area contributed by atoms with E-state index in [1.54, 1.807) is 4.31 Å². The second-order valence-electron chi connectivity index (χ2n) is 5.45. The lowest BCUT2D eigenvalue weighted by Gasteiger charge is -2.19. The summed E-state index contributed by atoms with van der Waals surface area (Å²) in [6.45, 7) is 5.87. The molecule has 96 valence electrons. The van der Waals surface area contributed by atoms with Gasteiger partial charge in [-0.1, -0.05) is 26.7 Å². The summed E-state index contributed by atoms with van der Waals surface area (Å²) in [4.78, 5) is 0. The molecule has 0 bridgehead atoms. The first kappa shape index (κ1) is 14.0. The van der Waals surface area contributed by atoms with Gasteiger partial charge in [0.2, 0.25) is 10.0 Å². The molecule has 1 aliphatic rings. The summed E-state index contributed by atoms with van der Waals surface area (Å²) < 4.78 is 24.8. The molecule has 4 heteroatoms. The summed E-state index contributed by atoms with van der Waals surface area (Å²) in [6, 6.07) is 0. The van der Waals surface area contributed by atoms with Crippen molar-refractivity contribution in [1.82, 2.24) is 4.31 Å². The summed E-state index contributed by atoms with van der Waals surface area (Å²) in [6.07, 6.45) is 7.07. The second-order valence-corrected chi connectivity index (χ2v) is 7.44. The smallest absolute Gasteiger partial charge is 0.211 e. The average Bonchev–Trinajstić information content (AvgIpc) is 2.91. The molecule has 0 atom stereocenters. The average molecular weight is 247 g/mol. The molecule has 1 aliphatic carbocycles. The van der Waals surface area contributed by atoms with Crippen molar-refractivity contribution in [2.45, 2.75) is 46.0 Å². The lowest BCUT2D eigenvalue weighted by Crippen LogP contribution is -2.32. The quantitative estimate of drug-likeness (QED) is 0.618. The van der Waals surface area contributed by atoms with Crippen molar-refractivity contribution >= 4 is 10.0 Å². The first-order chi connectivity index (χ1) is 7.39. The Kier molecular flexibility index (Phi) is 5.25. The van der Waals surface area contributed by atoms with Crippen molar-refractivity contribution in [3.63, 3.8) is 0 Å². The highest BCUT2D eigenvalue weighted by molar-refractivity contribution is 7.88. The van der Waals surface area contributed by atoms with E-state index in [2.05, 4.69) is 13.8 Å². The van der Waals surface area contributed by atoms with Crippen LogP contribution in [-0.4, -0.2) is 32.1 Å². The number of sulfonamides is 1. The van der Waals surface area contributed by atoms with Gasteiger partial charge >= 0.3 is 0 Å². The number of rotatable bonds is 8. The van der Waals surface area contributed by atoms with E-state index in [1.165, 1.54) is 25.5 Å². The van der Waals surface area contributed by atoms with Crippen LogP contribution in [0.15, 0.2) is 0 Å². The third-order valence-electron chi connectivity index (χ3n) is 3.07. The highest BCUT2D eigenvalue weighted by Crippen LogP contribution is 2.30. The molecule has 0 unspecified atom stereocenters. The van der Waals surface area contributed by atoms with E-state index in [0.717, 1.165) is 25.3 Å². The lowest BCUT2D eigenvalue weighted by molar-refractivity contribution is 0.381. The molecule has 0 heterocycles. The van der Waals surface area contributed by atoms with Gasteiger partial charge in [-0.3, -0.25) is 0 Å². The fourth-order valence-corrected chi connectivity index (χ4v) is 2.76. The van der Waals surface area contributed by atoms with E-state index in [1.807, 2.05) is 0 Å². The third kappa shape index (κ3) is 5.85. The molecule has 0 aliphatic heterocycles. The second kappa shape index (κ2) is 6.01. The Morgan fingerprint density at radius 1 is 1.25 bits per heavy atom. The highest BCUT2D eigenvalue weighted by atomic mass is 32.2. The Morgan fingerprint density at radius 3 is 2.31 bits per heavy atom. The molecule has 0 amide bonds. The van der Waals surface area contributed by atoms with Gasteiger partial charge in [-0.25, -0.2) is 12.7 Å². The van der Waals surface area contributed by atoms with Crippen LogP contribution < -0.4 is 0 Å². The minimum Gasteiger partial charge on any atom is -0.213 e. The standard InChI is InChI=1S/C12H25NO2S/c1-11(2)6-4-5-9-13(16(3,14)15)10-12-7-8-12/h11-12H,4-10H2,1-3H3. The van der Waals surface area contributed by atoms with Crippen LogP contribution in [0.2, 0.25) is 0 Å². The van der Waals surface area contributed by atoms with Crippen LogP contribution in [0.25, 0.3) is 0 Å². The molecular weight excluding hydrogens is 222 g/mol. The number of hydrogen-bond donors (Lipinski definition) is 0. The highest BCUT2D eigenvalue weighted by Gasteiger charge is 2.27. The molecule has 0 spiro atoms. The third-order valence-corrected chi connectivity index (χ3v) is 4.34. The van der Waals surface area contributed by atoms with Gasteiger partial charge in [0.05, 0.1) is 6.26 Å². The summed E-state index contributed by atoms with van der Waals surface area (Å²) in [5.74, 6) is 1.36. The molecule has 1 saturated carbocycles. The van der Waals surface area contributed by atoms with Crippen molar-refractivity contribution < 1.29 is 8.42 Å². The topological polar surface area (TPSA) is 37.4 Å².